The molecular formula is C30H55CaNO11. The molecule has 0 saturated carbocycles. The summed E-state index contributed by atoms with van der Waals surface area (Å²) in [6.07, 6.45) is 2.25. The predicted molar refractivity (Wildman–Crippen MR) is 167 cm³/mol. The van der Waals surface area contributed by atoms with E-state index in [1.54, 1.807) is 19.2 Å². The number of rotatable bonds is 32. The third-order valence-corrected chi connectivity index (χ3v) is 5.48. The van der Waals surface area contributed by atoms with Crippen LogP contribution in [0.15, 0.2) is 24.3 Å². The maximum atomic E-state index is 12.1. The minimum absolute atomic E-state index is 0. The zero-order chi connectivity index (χ0) is 30.2. The van der Waals surface area contributed by atoms with Gasteiger partial charge in [0.25, 0.3) is 0 Å². The first kappa shape index (κ1) is 42.4. The van der Waals surface area contributed by atoms with Gasteiger partial charge in [-0.1, -0.05) is 13.3 Å². The number of benzene rings is 1. The van der Waals surface area contributed by atoms with Gasteiger partial charge in [0.1, 0.15) is 6.61 Å². The molecule has 0 aliphatic rings. The number of unbranched alkanes of at least 4 members (excludes halogenated alkanes) is 1. The van der Waals surface area contributed by atoms with E-state index < -0.39 is 0 Å². The number of carbonyl (C=O) groups excluding carboxylic acids is 1. The van der Waals surface area contributed by atoms with Crippen LogP contribution in [0.5, 0.6) is 0 Å². The van der Waals surface area contributed by atoms with E-state index in [0.29, 0.717) is 118 Å². The first-order valence-corrected chi connectivity index (χ1v) is 14.9. The summed E-state index contributed by atoms with van der Waals surface area (Å²) in [6, 6.07) is 7.29. The van der Waals surface area contributed by atoms with Crippen LogP contribution in [-0.2, 0) is 47.4 Å². The molecule has 1 N–H and O–H groups in total. The normalized spacial score (nSPS) is 10.9. The van der Waals surface area contributed by atoms with Crippen LogP contribution in [0, 0.1) is 0 Å². The molecule has 248 valence electrons. The van der Waals surface area contributed by atoms with Crippen molar-refractivity contribution in [3.05, 3.63) is 29.8 Å². The average Bonchev–Trinajstić information content (AvgIpc) is 3.01. The van der Waals surface area contributed by atoms with Crippen molar-refractivity contribution in [2.75, 3.05) is 138 Å². The number of anilines is 1. The third-order valence-electron chi connectivity index (χ3n) is 5.48. The Labute approximate surface area is 287 Å². The van der Waals surface area contributed by atoms with Crippen LogP contribution in [0.2, 0.25) is 0 Å². The van der Waals surface area contributed by atoms with E-state index in [-0.39, 0.29) is 50.3 Å². The summed E-state index contributed by atoms with van der Waals surface area (Å²) in [6.45, 7) is 11.7. The fourth-order valence-corrected chi connectivity index (χ4v) is 3.19. The topological polar surface area (TPSA) is 121 Å². The molecule has 0 unspecified atom stereocenters. The van der Waals surface area contributed by atoms with Crippen LogP contribution in [0.25, 0.3) is 0 Å². The van der Waals surface area contributed by atoms with Gasteiger partial charge in [0.15, 0.2) is 0 Å². The molecule has 1 rings (SSSR count). The van der Waals surface area contributed by atoms with Crippen LogP contribution in [-0.4, -0.2) is 176 Å². The molecule has 0 aromatic heterocycles. The number of methoxy groups -OCH3 is 1. The van der Waals surface area contributed by atoms with Gasteiger partial charge in [-0.2, -0.15) is 0 Å². The van der Waals surface area contributed by atoms with Crippen molar-refractivity contribution >= 4 is 49.4 Å². The van der Waals surface area contributed by atoms with E-state index >= 15 is 0 Å². The molecule has 0 fully saturated rings. The second kappa shape index (κ2) is 34.3. The first-order valence-electron chi connectivity index (χ1n) is 14.9. The summed E-state index contributed by atoms with van der Waals surface area (Å²) < 4.78 is 53.5. The molecule has 12 nitrogen and oxygen atoms in total. The maximum absolute atomic E-state index is 12.1. The van der Waals surface area contributed by atoms with Crippen LogP contribution in [0.3, 0.4) is 0 Å². The Morgan fingerprint density at radius 2 is 0.907 bits per heavy atom. The molecule has 0 amide bonds. The van der Waals surface area contributed by atoms with Crippen LogP contribution < -0.4 is 5.32 Å². The second-order valence-corrected chi connectivity index (χ2v) is 8.89. The fraction of sp³-hybridized carbons (Fsp3) is 0.767. The van der Waals surface area contributed by atoms with Crippen LogP contribution >= 0.6 is 0 Å². The third kappa shape index (κ3) is 28.6. The van der Waals surface area contributed by atoms with Gasteiger partial charge < -0.3 is 52.7 Å². The van der Waals surface area contributed by atoms with Gasteiger partial charge in [0.2, 0.25) is 0 Å². The number of hydrogen-bond donors (Lipinski definition) is 1. The number of hydrogen-bond acceptors (Lipinski definition) is 12. The number of ether oxygens (including phenoxy) is 10. The summed E-state index contributed by atoms with van der Waals surface area (Å²) >= 11 is 0. The Morgan fingerprint density at radius 1 is 0.558 bits per heavy atom. The van der Waals surface area contributed by atoms with Gasteiger partial charge in [-0.25, -0.2) is 4.79 Å². The Bertz CT molecular complexity index is 716. The molecule has 0 heterocycles. The Morgan fingerprint density at radius 3 is 1.26 bits per heavy atom. The van der Waals surface area contributed by atoms with Crippen molar-refractivity contribution in [2.45, 2.75) is 19.8 Å². The van der Waals surface area contributed by atoms with E-state index in [4.69, 9.17) is 47.4 Å². The zero-order valence-corrected chi connectivity index (χ0v) is 25.6. The predicted octanol–water partition coefficient (Wildman–Crippen LogP) is 1.92. The number of nitrogens with one attached hydrogen (secondary N) is 1. The quantitative estimate of drug-likeness (QED) is 0.0700. The molecule has 0 radical (unpaired) electrons. The van der Waals surface area contributed by atoms with E-state index in [1.807, 2.05) is 12.1 Å². The summed E-state index contributed by atoms with van der Waals surface area (Å²) in [5, 5.41) is 3.32. The van der Waals surface area contributed by atoms with Crippen LogP contribution in [0.4, 0.5) is 5.69 Å². The van der Waals surface area contributed by atoms with Crippen molar-refractivity contribution < 1.29 is 52.2 Å². The van der Waals surface area contributed by atoms with Gasteiger partial charge >= 0.3 is 43.7 Å². The van der Waals surface area contributed by atoms with E-state index in [1.165, 1.54) is 0 Å². The first-order chi connectivity index (χ1) is 20.8. The SMILES string of the molecule is CCCCNc1ccc(C(=O)OCCOCCOCCOCCOCCOCCOCCOCCOCCOC)cc1.[CaH2]. The second-order valence-electron chi connectivity index (χ2n) is 8.89. The van der Waals surface area contributed by atoms with Crippen LogP contribution in [0.1, 0.15) is 30.1 Å². The fourth-order valence-electron chi connectivity index (χ4n) is 3.19. The minimum atomic E-state index is -0.358. The Kier molecular flexibility index (Phi) is 33.8. The van der Waals surface area contributed by atoms with Crippen molar-refractivity contribution in [3.8, 4) is 0 Å². The van der Waals surface area contributed by atoms with Crippen molar-refractivity contribution in [3.63, 3.8) is 0 Å². The van der Waals surface area contributed by atoms with Gasteiger partial charge in [-0.15, -0.1) is 0 Å². The monoisotopic (exact) mass is 645 g/mol. The number of carbonyl (C=O) groups is 1. The van der Waals surface area contributed by atoms with E-state index in [9.17, 15) is 4.79 Å². The molecule has 43 heavy (non-hydrogen) atoms. The Hall–Kier alpha value is -0.610. The average molecular weight is 646 g/mol. The zero-order valence-electron chi connectivity index (χ0n) is 25.6. The summed E-state index contributed by atoms with van der Waals surface area (Å²) in [5.41, 5.74) is 1.52. The Balaban J connectivity index is 0.0000176. The molecule has 0 bridgehead atoms. The summed E-state index contributed by atoms with van der Waals surface area (Å²) in [5.74, 6) is -0.358. The summed E-state index contributed by atoms with van der Waals surface area (Å²) in [4.78, 5) is 12.1. The number of esters is 1. The standard InChI is InChI=1S/C30H53NO11.Ca.2H/c1-3-4-9-31-29-7-5-28(6-8-29)30(32)42-27-26-41-25-24-40-23-22-39-21-20-38-19-18-37-17-16-36-15-14-35-13-12-34-11-10-33-2;;;/h5-8,31H,3-4,9-27H2,1-2H3;;;. The van der Waals surface area contributed by atoms with Gasteiger partial charge in [0.05, 0.1) is 118 Å². The molecule has 1 aromatic carbocycles. The van der Waals surface area contributed by atoms with Crippen molar-refractivity contribution in [2.24, 2.45) is 0 Å². The van der Waals surface area contributed by atoms with Gasteiger partial charge in [-0.3, -0.25) is 0 Å². The summed E-state index contributed by atoms with van der Waals surface area (Å²) in [7, 11) is 1.64. The molecule has 1 aromatic rings. The molecule has 0 saturated heterocycles. The van der Waals surface area contributed by atoms with Gasteiger partial charge in [0, 0.05) is 19.3 Å². The van der Waals surface area contributed by atoms with Crippen molar-refractivity contribution in [1.82, 2.24) is 0 Å². The molecule has 0 spiro atoms. The van der Waals surface area contributed by atoms with Crippen molar-refractivity contribution in [1.29, 1.82) is 0 Å². The molecule has 13 heteroatoms. The molecule has 0 aliphatic heterocycles. The molecule has 0 aliphatic carbocycles. The van der Waals surface area contributed by atoms with Gasteiger partial charge in [-0.05, 0) is 30.7 Å². The molecule has 0 atom stereocenters. The molecular weight excluding hydrogens is 590 g/mol. The van der Waals surface area contributed by atoms with E-state index in [2.05, 4.69) is 12.2 Å². The van der Waals surface area contributed by atoms with E-state index in [0.717, 1.165) is 25.1 Å².